The van der Waals surface area contributed by atoms with Crippen LogP contribution in [-0.4, -0.2) is 32.1 Å². The molecule has 2 atom stereocenters. The van der Waals surface area contributed by atoms with Gasteiger partial charge in [-0.25, -0.2) is 15.2 Å². The summed E-state index contributed by atoms with van der Waals surface area (Å²) in [6, 6.07) is 16.2. The van der Waals surface area contributed by atoms with Crippen molar-refractivity contribution in [3.63, 3.8) is 0 Å². The molecule has 2 aliphatic rings. The van der Waals surface area contributed by atoms with Crippen molar-refractivity contribution in [3.8, 4) is 0 Å². The number of carbonyl (C=O) groups excluding carboxylic acids is 1. The number of aromatic nitrogens is 3. The van der Waals surface area contributed by atoms with Crippen LogP contribution in [0.25, 0.3) is 0 Å². The smallest absolute Gasteiger partial charge is 0.254 e. The third kappa shape index (κ3) is 3.41. The van der Waals surface area contributed by atoms with Gasteiger partial charge in [-0.1, -0.05) is 30.3 Å². The molecule has 2 unspecified atom stereocenters. The minimum atomic E-state index is -0.351. The SMILES string of the molecule is O=C(c1ccc(F)cc1)N1CCn2c(nnc2C2CC(c3ccccc3)NN2)C1. The Morgan fingerprint density at radius 2 is 1.72 bits per heavy atom. The van der Waals surface area contributed by atoms with Gasteiger partial charge in [0.05, 0.1) is 12.6 Å². The summed E-state index contributed by atoms with van der Waals surface area (Å²) >= 11 is 0. The summed E-state index contributed by atoms with van der Waals surface area (Å²) < 4.78 is 15.2. The zero-order valence-corrected chi connectivity index (χ0v) is 15.8. The maximum absolute atomic E-state index is 13.1. The number of halogens is 1. The van der Waals surface area contributed by atoms with Crippen molar-refractivity contribution in [2.24, 2.45) is 0 Å². The molecule has 0 saturated carbocycles. The first-order valence-electron chi connectivity index (χ1n) is 9.72. The van der Waals surface area contributed by atoms with Crippen molar-refractivity contribution >= 4 is 5.91 Å². The van der Waals surface area contributed by atoms with E-state index < -0.39 is 0 Å². The molecule has 2 N–H and O–H groups in total. The Kier molecular flexibility index (Phi) is 4.57. The van der Waals surface area contributed by atoms with Crippen LogP contribution in [0.2, 0.25) is 0 Å². The van der Waals surface area contributed by atoms with Crippen molar-refractivity contribution < 1.29 is 9.18 Å². The summed E-state index contributed by atoms with van der Waals surface area (Å²) in [5.41, 5.74) is 8.39. The van der Waals surface area contributed by atoms with E-state index in [0.29, 0.717) is 25.2 Å². The van der Waals surface area contributed by atoms with E-state index in [9.17, 15) is 9.18 Å². The molecule has 29 heavy (non-hydrogen) atoms. The van der Waals surface area contributed by atoms with Crippen molar-refractivity contribution in [2.75, 3.05) is 6.54 Å². The Balaban J connectivity index is 1.30. The number of hydrogen-bond donors (Lipinski definition) is 2. The third-order valence-corrected chi connectivity index (χ3v) is 5.58. The fourth-order valence-electron chi connectivity index (χ4n) is 4.02. The van der Waals surface area contributed by atoms with E-state index >= 15 is 0 Å². The van der Waals surface area contributed by atoms with E-state index in [4.69, 9.17) is 0 Å². The van der Waals surface area contributed by atoms with E-state index in [2.05, 4.69) is 37.7 Å². The van der Waals surface area contributed by atoms with Gasteiger partial charge in [0.15, 0.2) is 11.6 Å². The Morgan fingerprint density at radius 3 is 2.52 bits per heavy atom. The summed E-state index contributed by atoms with van der Waals surface area (Å²) in [7, 11) is 0. The molecule has 2 aliphatic heterocycles. The number of rotatable bonds is 3. The Labute approximate surface area is 167 Å². The minimum Gasteiger partial charge on any atom is -0.329 e. The van der Waals surface area contributed by atoms with Gasteiger partial charge in [0.2, 0.25) is 0 Å². The van der Waals surface area contributed by atoms with Crippen LogP contribution < -0.4 is 10.9 Å². The van der Waals surface area contributed by atoms with E-state index in [1.165, 1.54) is 29.8 Å². The van der Waals surface area contributed by atoms with Gasteiger partial charge >= 0.3 is 0 Å². The van der Waals surface area contributed by atoms with Gasteiger partial charge < -0.3 is 9.47 Å². The van der Waals surface area contributed by atoms with Gasteiger partial charge in [0.25, 0.3) is 5.91 Å². The molecule has 1 saturated heterocycles. The topological polar surface area (TPSA) is 75.1 Å². The van der Waals surface area contributed by atoms with Gasteiger partial charge in [0.1, 0.15) is 5.82 Å². The highest BCUT2D eigenvalue weighted by Crippen LogP contribution is 2.31. The van der Waals surface area contributed by atoms with E-state index in [1.807, 2.05) is 18.2 Å². The number of amides is 1. The monoisotopic (exact) mass is 392 g/mol. The zero-order chi connectivity index (χ0) is 19.8. The van der Waals surface area contributed by atoms with Crippen molar-refractivity contribution in [2.45, 2.75) is 31.6 Å². The molecule has 0 aliphatic carbocycles. The van der Waals surface area contributed by atoms with Crippen LogP contribution in [0.1, 0.15) is 46.1 Å². The lowest BCUT2D eigenvalue weighted by Gasteiger charge is -2.28. The highest BCUT2D eigenvalue weighted by molar-refractivity contribution is 5.94. The Bertz CT molecular complexity index is 1020. The van der Waals surface area contributed by atoms with Gasteiger partial charge in [-0.2, -0.15) is 0 Å². The molecule has 5 rings (SSSR count). The molecular weight excluding hydrogens is 371 g/mol. The average Bonchev–Trinajstić information content (AvgIpc) is 3.41. The number of hydrazine groups is 1. The normalized spacial score (nSPS) is 21.2. The van der Waals surface area contributed by atoms with Gasteiger partial charge in [-0.05, 0) is 36.2 Å². The first kappa shape index (κ1) is 18.0. The molecule has 2 aromatic carbocycles. The molecule has 0 bridgehead atoms. The predicted octanol–water partition coefficient (Wildman–Crippen LogP) is 2.35. The summed E-state index contributed by atoms with van der Waals surface area (Å²) in [5.74, 6) is 1.19. The maximum atomic E-state index is 13.1. The summed E-state index contributed by atoms with van der Waals surface area (Å²) in [5, 5.41) is 8.74. The molecule has 3 aromatic rings. The van der Waals surface area contributed by atoms with Crippen LogP contribution in [0.3, 0.4) is 0 Å². The van der Waals surface area contributed by atoms with Crippen LogP contribution in [-0.2, 0) is 13.1 Å². The summed E-state index contributed by atoms with van der Waals surface area (Å²) in [4.78, 5) is 14.4. The second-order valence-electron chi connectivity index (χ2n) is 7.40. The van der Waals surface area contributed by atoms with Crippen LogP contribution in [0.15, 0.2) is 54.6 Å². The number of nitrogens with one attached hydrogen (secondary N) is 2. The van der Waals surface area contributed by atoms with Crippen LogP contribution in [0.4, 0.5) is 4.39 Å². The molecule has 8 heteroatoms. The number of nitrogens with zero attached hydrogens (tertiary/aromatic N) is 4. The molecule has 1 aromatic heterocycles. The Morgan fingerprint density at radius 1 is 0.966 bits per heavy atom. The molecule has 3 heterocycles. The number of carbonyl (C=O) groups is 1. The lowest BCUT2D eigenvalue weighted by molar-refractivity contribution is 0.0706. The fourth-order valence-corrected chi connectivity index (χ4v) is 4.02. The van der Waals surface area contributed by atoms with Crippen molar-refractivity contribution in [1.82, 2.24) is 30.5 Å². The lowest BCUT2D eigenvalue weighted by Crippen LogP contribution is -2.39. The van der Waals surface area contributed by atoms with Crippen LogP contribution >= 0.6 is 0 Å². The second-order valence-corrected chi connectivity index (χ2v) is 7.40. The van der Waals surface area contributed by atoms with Crippen LogP contribution in [0, 0.1) is 5.82 Å². The molecule has 1 fully saturated rings. The highest BCUT2D eigenvalue weighted by atomic mass is 19.1. The molecule has 7 nitrogen and oxygen atoms in total. The third-order valence-electron chi connectivity index (χ3n) is 5.58. The number of fused-ring (bicyclic) bond motifs is 1. The standard InChI is InChI=1S/C21H21FN6O/c22-16-8-6-15(7-9-16)21(29)27-10-11-28-19(13-27)25-26-20(28)18-12-17(23-24-18)14-4-2-1-3-5-14/h1-9,17-18,23-24H,10-13H2. The van der Waals surface area contributed by atoms with E-state index in [0.717, 1.165) is 18.1 Å². The quantitative estimate of drug-likeness (QED) is 0.716. The zero-order valence-electron chi connectivity index (χ0n) is 15.8. The number of hydrogen-bond acceptors (Lipinski definition) is 5. The van der Waals surface area contributed by atoms with Crippen molar-refractivity contribution in [3.05, 3.63) is 83.2 Å². The summed E-state index contributed by atoms with van der Waals surface area (Å²) in [6.45, 7) is 1.60. The fraction of sp³-hybridized carbons (Fsp3) is 0.286. The lowest BCUT2D eigenvalue weighted by atomic mass is 10.0. The van der Waals surface area contributed by atoms with Gasteiger partial charge in [0, 0.05) is 24.7 Å². The first-order chi connectivity index (χ1) is 14.2. The van der Waals surface area contributed by atoms with Crippen LogP contribution in [0.5, 0.6) is 0 Å². The molecule has 1 amide bonds. The minimum absolute atomic E-state index is 0.0563. The first-order valence-corrected chi connectivity index (χ1v) is 9.72. The molecule has 148 valence electrons. The van der Waals surface area contributed by atoms with Crippen molar-refractivity contribution in [1.29, 1.82) is 0 Å². The summed E-state index contributed by atoms with van der Waals surface area (Å²) in [6.07, 6.45) is 0.875. The number of benzene rings is 2. The van der Waals surface area contributed by atoms with Gasteiger partial charge in [-0.3, -0.25) is 4.79 Å². The highest BCUT2D eigenvalue weighted by Gasteiger charge is 2.32. The van der Waals surface area contributed by atoms with E-state index in [1.54, 1.807) is 4.90 Å². The maximum Gasteiger partial charge on any atom is 0.254 e. The second kappa shape index (κ2) is 7.38. The predicted molar refractivity (Wildman–Crippen MR) is 104 cm³/mol. The van der Waals surface area contributed by atoms with Gasteiger partial charge in [-0.15, -0.1) is 10.2 Å². The molecule has 0 radical (unpaired) electrons. The Hall–Kier alpha value is -3.10. The van der Waals surface area contributed by atoms with E-state index in [-0.39, 0.29) is 23.8 Å². The average molecular weight is 392 g/mol. The molecule has 0 spiro atoms. The largest absolute Gasteiger partial charge is 0.329 e. The molecular formula is C21H21FN6O.